The van der Waals surface area contributed by atoms with Gasteiger partial charge in [0.25, 0.3) is 0 Å². The number of unbranched alkanes of at least 4 members (excludes halogenated alkanes) is 1. The molecule has 2 saturated heterocycles. The molecule has 0 N–H and O–H groups in total. The number of hydrogen-bond acceptors (Lipinski definition) is 3. The number of piperidine rings is 1. The van der Waals surface area contributed by atoms with Crippen molar-refractivity contribution in [2.45, 2.75) is 49.7 Å². The minimum Gasteiger partial charge on any atom is -0.468 e. The van der Waals surface area contributed by atoms with Gasteiger partial charge in [-0.05, 0) is 31.2 Å². The van der Waals surface area contributed by atoms with Crippen molar-refractivity contribution in [3.8, 4) is 0 Å². The van der Waals surface area contributed by atoms with E-state index in [1.54, 1.807) is 0 Å². The molecule has 2 bridgehead atoms. The van der Waals surface area contributed by atoms with Gasteiger partial charge in [0.15, 0.2) is 0 Å². The van der Waals surface area contributed by atoms with Crippen molar-refractivity contribution < 1.29 is 9.53 Å². The molecule has 0 radical (unpaired) electrons. The van der Waals surface area contributed by atoms with Crippen molar-refractivity contribution in [1.29, 1.82) is 0 Å². The molecular weight excluding hydrogens is 274 g/mol. The van der Waals surface area contributed by atoms with Crippen LogP contribution in [-0.2, 0) is 16.0 Å². The lowest BCUT2D eigenvalue weighted by molar-refractivity contribution is -0.145. The van der Waals surface area contributed by atoms with Crippen molar-refractivity contribution in [2.75, 3.05) is 7.11 Å². The Bertz CT molecular complexity index is 597. The zero-order valence-corrected chi connectivity index (χ0v) is 13.1. The summed E-state index contributed by atoms with van der Waals surface area (Å²) < 4.78 is 5.12. The maximum absolute atomic E-state index is 12.3. The van der Waals surface area contributed by atoms with Gasteiger partial charge >= 0.3 is 5.97 Å². The van der Waals surface area contributed by atoms with Crippen LogP contribution in [0.3, 0.4) is 0 Å². The topological polar surface area (TPSA) is 29.3 Å². The summed E-state index contributed by atoms with van der Waals surface area (Å²) in [6.45, 7) is 0. The first kappa shape index (κ1) is 14.0. The molecule has 1 unspecified atom stereocenters. The molecule has 2 heterocycles. The van der Waals surface area contributed by atoms with E-state index < -0.39 is 0 Å². The monoisotopic (exact) mass is 297 g/mol. The normalized spacial score (nSPS) is 37.1. The van der Waals surface area contributed by atoms with E-state index in [9.17, 15) is 4.79 Å². The first-order valence-corrected chi connectivity index (χ1v) is 8.37. The van der Waals surface area contributed by atoms with Crippen LogP contribution in [0.5, 0.6) is 0 Å². The van der Waals surface area contributed by atoms with Crippen LogP contribution in [0.2, 0.25) is 0 Å². The van der Waals surface area contributed by atoms with Gasteiger partial charge in [-0.15, -0.1) is 0 Å². The lowest BCUT2D eigenvalue weighted by atomic mass is 9.87. The van der Waals surface area contributed by atoms with Gasteiger partial charge in [-0.2, -0.15) is 0 Å². The summed E-state index contributed by atoms with van der Waals surface area (Å²) in [7, 11) is 1.52. The number of methoxy groups -OCH3 is 1. The molecule has 3 nitrogen and oxygen atoms in total. The molecule has 22 heavy (non-hydrogen) atoms. The van der Waals surface area contributed by atoms with Gasteiger partial charge in [0.1, 0.15) is 5.54 Å². The molecule has 3 heteroatoms. The second kappa shape index (κ2) is 5.24. The van der Waals surface area contributed by atoms with Crippen LogP contribution in [0, 0.1) is 5.92 Å². The third-order valence-corrected chi connectivity index (χ3v) is 5.74. The standard InChI is InChI=1S/C19H23NO2/c1-22-18(21)19-15-11-12-16(13-15)20(19)17(19)10-6-5-9-14-7-3-2-4-8-14/h2-4,7-8,11-12,15-17H,5-6,9-10,13H2,1H3/t15-,16+,17+,19+,20?/m1/s1. The Morgan fingerprint density at radius 3 is 2.86 bits per heavy atom. The zero-order chi connectivity index (χ0) is 15.2. The van der Waals surface area contributed by atoms with Crippen LogP contribution in [-0.4, -0.2) is 35.6 Å². The van der Waals surface area contributed by atoms with Gasteiger partial charge in [0.2, 0.25) is 0 Å². The molecule has 1 aromatic rings. The third kappa shape index (κ3) is 1.88. The lowest BCUT2D eigenvalue weighted by Crippen LogP contribution is -2.36. The van der Waals surface area contributed by atoms with Gasteiger partial charge in [-0.3, -0.25) is 4.90 Å². The average Bonchev–Trinajstić information content (AvgIpc) is 2.88. The van der Waals surface area contributed by atoms with Crippen molar-refractivity contribution in [1.82, 2.24) is 4.90 Å². The van der Waals surface area contributed by atoms with Crippen LogP contribution in [0.4, 0.5) is 0 Å². The minimum atomic E-state index is -0.305. The molecule has 0 saturated carbocycles. The number of rotatable bonds is 6. The first-order valence-electron chi connectivity index (χ1n) is 8.37. The van der Waals surface area contributed by atoms with Gasteiger partial charge in [0, 0.05) is 18.0 Å². The Balaban J connectivity index is 1.34. The Kier molecular flexibility index (Phi) is 3.33. The Hall–Kier alpha value is -1.61. The van der Waals surface area contributed by atoms with Gasteiger partial charge in [-0.25, -0.2) is 4.79 Å². The summed E-state index contributed by atoms with van der Waals surface area (Å²) in [6.07, 6.45) is 10.2. The molecule has 0 spiro atoms. The molecular formula is C19H23NO2. The fraction of sp³-hybridized carbons (Fsp3) is 0.526. The predicted molar refractivity (Wildman–Crippen MR) is 85.4 cm³/mol. The highest BCUT2D eigenvalue weighted by molar-refractivity contribution is 5.88. The Morgan fingerprint density at radius 1 is 1.27 bits per heavy atom. The highest BCUT2D eigenvalue weighted by Gasteiger charge is 2.77. The predicted octanol–water partition coefficient (Wildman–Crippen LogP) is 2.95. The maximum atomic E-state index is 12.3. The number of carbonyl (C=O) groups is 1. The van der Waals surface area contributed by atoms with E-state index in [1.807, 2.05) is 0 Å². The molecule has 2 aliphatic heterocycles. The minimum absolute atomic E-state index is 0.0163. The second-order valence-corrected chi connectivity index (χ2v) is 6.77. The van der Waals surface area contributed by atoms with Crippen LogP contribution in [0.15, 0.2) is 42.5 Å². The molecule has 2 fully saturated rings. The SMILES string of the molecule is COC(=O)[C@@]12[C@@H]3C=C[C@@H](C3)N1[C@H]2CCCCc1ccccc1. The van der Waals surface area contributed by atoms with Crippen molar-refractivity contribution in [2.24, 2.45) is 5.92 Å². The quantitative estimate of drug-likeness (QED) is 0.350. The van der Waals surface area contributed by atoms with E-state index in [4.69, 9.17) is 4.74 Å². The molecule has 0 amide bonds. The molecule has 116 valence electrons. The fourth-order valence-electron chi connectivity index (χ4n) is 4.77. The molecule has 4 rings (SSSR count). The number of aryl methyl sites for hydroxylation is 1. The summed E-state index contributed by atoms with van der Waals surface area (Å²) in [6, 6.07) is 11.5. The molecule has 3 aliphatic rings. The summed E-state index contributed by atoms with van der Waals surface area (Å²) in [5, 5.41) is 0. The number of nitrogens with zero attached hydrogens (tertiary/aromatic N) is 1. The van der Waals surface area contributed by atoms with Gasteiger partial charge in [-0.1, -0.05) is 48.9 Å². The van der Waals surface area contributed by atoms with Crippen molar-refractivity contribution >= 4 is 5.97 Å². The number of fused-ring (bicyclic) bond motifs is 5. The van der Waals surface area contributed by atoms with Crippen LogP contribution >= 0.6 is 0 Å². The molecule has 1 aliphatic carbocycles. The summed E-state index contributed by atoms with van der Waals surface area (Å²) in [5.41, 5.74) is 1.10. The second-order valence-electron chi connectivity index (χ2n) is 6.77. The molecule has 0 aromatic heterocycles. The highest BCUT2D eigenvalue weighted by Crippen LogP contribution is 2.62. The summed E-state index contributed by atoms with van der Waals surface area (Å²) in [5.74, 6) is 0.362. The zero-order valence-electron chi connectivity index (χ0n) is 13.1. The number of benzene rings is 1. The van der Waals surface area contributed by atoms with Gasteiger partial charge < -0.3 is 4.74 Å². The van der Waals surface area contributed by atoms with E-state index in [1.165, 1.54) is 25.5 Å². The van der Waals surface area contributed by atoms with Crippen LogP contribution < -0.4 is 0 Å². The fourth-order valence-corrected chi connectivity index (χ4v) is 4.77. The smallest absolute Gasteiger partial charge is 0.328 e. The Morgan fingerprint density at radius 2 is 2.09 bits per heavy atom. The number of ether oxygens (including phenoxy) is 1. The average molecular weight is 297 g/mol. The van der Waals surface area contributed by atoms with E-state index >= 15 is 0 Å². The maximum Gasteiger partial charge on any atom is 0.328 e. The Labute approximate surface area is 132 Å². The van der Waals surface area contributed by atoms with Crippen molar-refractivity contribution in [3.05, 3.63) is 48.0 Å². The largest absolute Gasteiger partial charge is 0.468 e. The van der Waals surface area contributed by atoms with E-state index in [0.29, 0.717) is 18.0 Å². The van der Waals surface area contributed by atoms with Crippen LogP contribution in [0.25, 0.3) is 0 Å². The molecule has 5 atom stereocenters. The lowest BCUT2D eigenvalue weighted by Gasteiger charge is -2.17. The number of hydrogen-bond donors (Lipinski definition) is 0. The van der Waals surface area contributed by atoms with Gasteiger partial charge in [0.05, 0.1) is 7.11 Å². The number of esters is 1. The summed E-state index contributed by atoms with van der Waals surface area (Å²) >= 11 is 0. The highest BCUT2D eigenvalue weighted by atomic mass is 16.5. The third-order valence-electron chi connectivity index (χ3n) is 5.74. The van der Waals surface area contributed by atoms with E-state index in [-0.39, 0.29) is 11.5 Å². The first-order chi connectivity index (χ1) is 10.8. The number of carbonyl (C=O) groups excluding carboxylic acids is 1. The van der Waals surface area contributed by atoms with Crippen molar-refractivity contribution in [3.63, 3.8) is 0 Å². The van der Waals surface area contributed by atoms with E-state index in [0.717, 1.165) is 19.3 Å². The van der Waals surface area contributed by atoms with E-state index in [2.05, 4.69) is 47.4 Å². The molecule has 1 aromatic carbocycles. The summed E-state index contributed by atoms with van der Waals surface area (Å²) in [4.78, 5) is 14.7. The van der Waals surface area contributed by atoms with Crippen LogP contribution in [0.1, 0.15) is 31.2 Å².